The van der Waals surface area contributed by atoms with Crippen molar-refractivity contribution in [3.8, 4) is 11.1 Å². The first kappa shape index (κ1) is 22.8. The molecule has 0 spiro atoms. The zero-order valence-electron chi connectivity index (χ0n) is 21.1. The summed E-state index contributed by atoms with van der Waals surface area (Å²) in [6, 6.07) is 18.5. The molecular weight excluding hydrogens is 476 g/mol. The van der Waals surface area contributed by atoms with Crippen molar-refractivity contribution in [3.63, 3.8) is 0 Å². The van der Waals surface area contributed by atoms with Gasteiger partial charge in [0.2, 0.25) is 5.91 Å². The Hall–Kier alpha value is -4.40. The van der Waals surface area contributed by atoms with Gasteiger partial charge in [-0.15, -0.1) is 0 Å². The van der Waals surface area contributed by atoms with Crippen LogP contribution in [0.4, 0.5) is 11.6 Å². The van der Waals surface area contributed by atoms with Gasteiger partial charge in [0.05, 0.1) is 12.1 Å². The minimum absolute atomic E-state index is 0.264. The van der Waals surface area contributed by atoms with Crippen molar-refractivity contribution in [2.24, 2.45) is 5.92 Å². The molecule has 1 amide bonds. The molecule has 2 aliphatic rings. The van der Waals surface area contributed by atoms with Crippen molar-refractivity contribution < 1.29 is 4.79 Å². The number of nitrogens with zero attached hydrogens (tertiary/aromatic N) is 6. The van der Waals surface area contributed by atoms with Gasteiger partial charge in [-0.3, -0.25) is 4.79 Å². The van der Waals surface area contributed by atoms with Crippen molar-refractivity contribution in [2.45, 2.75) is 38.1 Å². The van der Waals surface area contributed by atoms with E-state index in [0.717, 1.165) is 77.6 Å². The number of carbonyl (C=O) groups excluding carboxylic acids is 1. The van der Waals surface area contributed by atoms with E-state index in [1.54, 1.807) is 0 Å². The van der Waals surface area contributed by atoms with Crippen LogP contribution in [-0.2, 0) is 11.3 Å². The molecule has 192 valence electrons. The van der Waals surface area contributed by atoms with E-state index in [2.05, 4.69) is 40.4 Å². The number of amides is 1. The summed E-state index contributed by atoms with van der Waals surface area (Å²) in [4.78, 5) is 18.9. The number of likely N-dealkylation sites (tertiary alicyclic amines) is 1. The van der Waals surface area contributed by atoms with Crippen LogP contribution in [0.15, 0.2) is 60.9 Å². The van der Waals surface area contributed by atoms with Gasteiger partial charge in [-0.25, -0.2) is 14.2 Å². The third-order valence-electron chi connectivity index (χ3n) is 8.03. The maximum Gasteiger partial charge on any atom is 0.225 e. The van der Waals surface area contributed by atoms with Gasteiger partial charge >= 0.3 is 0 Å². The second-order valence-corrected chi connectivity index (χ2v) is 10.5. The predicted octanol–water partition coefficient (Wildman–Crippen LogP) is 4.07. The maximum atomic E-state index is 12.6. The van der Waals surface area contributed by atoms with Gasteiger partial charge in [0.25, 0.3) is 0 Å². The fourth-order valence-corrected chi connectivity index (χ4v) is 5.79. The third kappa shape index (κ3) is 3.86. The van der Waals surface area contributed by atoms with Crippen LogP contribution >= 0.6 is 0 Å². The summed E-state index contributed by atoms with van der Waals surface area (Å²) in [6.07, 6.45) is 5.42. The normalized spacial score (nSPS) is 16.5. The highest BCUT2D eigenvalue weighted by Gasteiger charge is 2.35. The lowest BCUT2D eigenvalue weighted by atomic mass is 9.92. The molecule has 38 heavy (non-hydrogen) atoms. The van der Waals surface area contributed by atoms with Crippen LogP contribution in [-0.4, -0.2) is 48.3 Å². The SMILES string of the molecule is Nc1ncnn2c(C3CCN(C(=O)C4CC4)CC3)cc(-c3ccc4c(N)n(Cc5ccccc5)nc4c3)c12. The van der Waals surface area contributed by atoms with Crippen LogP contribution in [0.25, 0.3) is 27.5 Å². The lowest BCUT2D eigenvalue weighted by Crippen LogP contribution is -2.39. The van der Waals surface area contributed by atoms with Crippen LogP contribution in [0.2, 0.25) is 0 Å². The number of fused-ring (bicyclic) bond motifs is 2. The molecule has 9 nitrogen and oxygen atoms in total. The third-order valence-corrected chi connectivity index (χ3v) is 8.03. The molecule has 0 atom stereocenters. The molecule has 0 unspecified atom stereocenters. The number of rotatable bonds is 5. The van der Waals surface area contributed by atoms with E-state index in [-0.39, 0.29) is 5.92 Å². The monoisotopic (exact) mass is 506 g/mol. The van der Waals surface area contributed by atoms with Gasteiger partial charge in [-0.2, -0.15) is 10.2 Å². The molecule has 5 aromatic rings. The van der Waals surface area contributed by atoms with E-state index in [1.165, 1.54) is 6.33 Å². The summed E-state index contributed by atoms with van der Waals surface area (Å²) in [5.74, 6) is 1.97. The number of hydrogen-bond donors (Lipinski definition) is 2. The fourth-order valence-electron chi connectivity index (χ4n) is 5.79. The summed E-state index contributed by atoms with van der Waals surface area (Å²) in [6.45, 7) is 2.18. The van der Waals surface area contributed by atoms with Crippen LogP contribution in [0, 0.1) is 5.92 Å². The number of piperidine rings is 1. The standard InChI is InChI=1S/C29H30N8O/c30-27-26-23(21-8-9-22-24(14-21)34-36(28(22)31)16-18-4-2-1-3-5-18)15-25(37(26)33-17-32-27)19-10-12-35(13-11-19)29(38)20-6-7-20/h1-5,8-9,14-15,17,19-20H,6-7,10-13,16,31H2,(H2,30,32,33). The molecule has 2 fully saturated rings. The van der Waals surface area contributed by atoms with Crippen LogP contribution in [0.1, 0.15) is 42.9 Å². The molecule has 0 radical (unpaired) electrons. The molecule has 4 N–H and O–H groups in total. The topological polar surface area (TPSA) is 120 Å². The molecule has 1 aliphatic heterocycles. The summed E-state index contributed by atoms with van der Waals surface area (Å²) < 4.78 is 3.79. The highest BCUT2D eigenvalue weighted by molar-refractivity contribution is 5.96. The first-order valence-corrected chi connectivity index (χ1v) is 13.3. The minimum Gasteiger partial charge on any atom is -0.383 e. The van der Waals surface area contributed by atoms with E-state index in [9.17, 15) is 4.79 Å². The summed E-state index contributed by atoms with van der Waals surface area (Å²) >= 11 is 0. The summed E-state index contributed by atoms with van der Waals surface area (Å²) in [7, 11) is 0. The molecule has 1 aliphatic carbocycles. The average Bonchev–Trinajstić information content (AvgIpc) is 3.66. The zero-order chi connectivity index (χ0) is 25.8. The molecule has 0 bridgehead atoms. The summed E-state index contributed by atoms with van der Waals surface area (Å²) in [5.41, 5.74) is 18.7. The average molecular weight is 507 g/mol. The van der Waals surface area contributed by atoms with Crippen molar-refractivity contribution in [1.29, 1.82) is 0 Å². The Morgan fingerprint density at radius 2 is 1.76 bits per heavy atom. The molecule has 9 heteroatoms. The van der Waals surface area contributed by atoms with Crippen molar-refractivity contribution in [1.82, 2.24) is 29.3 Å². The second kappa shape index (κ2) is 8.86. The van der Waals surface area contributed by atoms with Gasteiger partial charge in [0, 0.05) is 41.6 Å². The first-order chi connectivity index (χ1) is 18.6. The van der Waals surface area contributed by atoms with Crippen molar-refractivity contribution >= 4 is 34.0 Å². The lowest BCUT2D eigenvalue weighted by molar-refractivity contribution is -0.133. The Bertz CT molecular complexity index is 1660. The number of nitrogen functional groups attached to an aromatic ring is 2. The van der Waals surface area contributed by atoms with Gasteiger partial charge in [-0.05, 0) is 55.0 Å². The Kier molecular flexibility index (Phi) is 5.31. The predicted molar refractivity (Wildman–Crippen MR) is 147 cm³/mol. The summed E-state index contributed by atoms with van der Waals surface area (Å²) in [5, 5.41) is 10.3. The molecule has 3 aromatic heterocycles. The molecule has 7 rings (SSSR count). The Balaban J connectivity index is 1.24. The molecule has 2 aromatic carbocycles. The first-order valence-electron chi connectivity index (χ1n) is 13.3. The largest absolute Gasteiger partial charge is 0.383 e. The van der Waals surface area contributed by atoms with Crippen LogP contribution in [0.3, 0.4) is 0 Å². The van der Waals surface area contributed by atoms with E-state index < -0.39 is 0 Å². The fraction of sp³-hybridized carbons (Fsp3) is 0.310. The minimum atomic E-state index is 0.264. The zero-order valence-corrected chi connectivity index (χ0v) is 21.1. The van der Waals surface area contributed by atoms with E-state index in [0.29, 0.717) is 30.0 Å². The van der Waals surface area contributed by atoms with Gasteiger partial charge < -0.3 is 16.4 Å². The highest BCUT2D eigenvalue weighted by atomic mass is 16.2. The smallest absolute Gasteiger partial charge is 0.225 e. The highest BCUT2D eigenvalue weighted by Crippen LogP contribution is 2.39. The molecule has 1 saturated carbocycles. The quantitative estimate of drug-likeness (QED) is 0.371. The number of anilines is 2. The Labute approximate surface area is 220 Å². The maximum absolute atomic E-state index is 12.6. The molecule has 1 saturated heterocycles. The molecule has 4 heterocycles. The lowest BCUT2D eigenvalue weighted by Gasteiger charge is -2.32. The Morgan fingerprint density at radius 1 is 0.974 bits per heavy atom. The van der Waals surface area contributed by atoms with E-state index >= 15 is 0 Å². The molecular formula is C29H30N8O. The van der Waals surface area contributed by atoms with Crippen LogP contribution < -0.4 is 11.5 Å². The number of aromatic nitrogens is 5. The van der Waals surface area contributed by atoms with Gasteiger partial charge in [0.1, 0.15) is 17.7 Å². The van der Waals surface area contributed by atoms with Crippen LogP contribution in [0.5, 0.6) is 0 Å². The number of carbonyl (C=O) groups is 1. The van der Waals surface area contributed by atoms with Crippen molar-refractivity contribution in [3.05, 3.63) is 72.2 Å². The number of hydrogen-bond acceptors (Lipinski definition) is 6. The van der Waals surface area contributed by atoms with E-state index in [1.807, 2.05) is 38.4 Å². The van der Waals surface area contributed by atoms with E-state index in [4.69, 9.17) is 16.6 Å². The number of nitrogens with two attached hydrogens (primary N) is 2. The van der Waals surface area contributed by atoms with Gasteiger partial charge in [-0.1, -0.05) is 36.4 Å². The second-order valence-electron chi connectivity index (χ2n) is 10.5. The van der Waals surface area contributed by atoms with Gasteiger partial charge in [0.15, 0.2) is 5.82 Å². The Morgan fingerprint density at radius 3 is 2.53 bits per heavy atom. The van der Waals surface area contributed by atoms with Crippen molar-refractivity contribution in [2.75, 3.05) is 24.6 Å². The number of benzene rings is 2.